The minimum atomic E-state index is -1.07. The molecule has 0 saturated heterocycles. The van der Waals surface area contributed by atoms with Gasteiger partial charge in [-0.05, 0) is 12.5 Å². The van der Waals surface area contributed by atoms with E-state index in [4.69, 9.17) is 5.11 Å². The quantitative estimate of drug-likeness (QED) is 0.852. The lowest BCUT2D eigenvalue weighted by molar-refractivity contribution is 0.0690. The molecule has 0 spiro atoms. The van der Waals surface area contributed by atoms with E-state index in [1.54, 1.807) is 18.5 Å². The Labute approximate surface area is 110 Å². The van der Waals surface area contributed by atoms with Gasteiger partial charge in [0.1, 0.15) is 0 Å². The van der Waals surface area contributed by atoms with Crippen LogP contribution in [0.25, 0.3) is 11.2 Å². The summed E-state index contributed by atoms with van der Waals surface area (Å²) in [5.41, 5.74) is 2.18. The van der Waals surface area contributed by atoms with Crippen LogP contribution in [0.2, 0.25) is 0 Å². The fourth-order valence-electron chi connectivity index (χ4n) is 1.61. The molecule has 1 N–H and O–H groups in total. The summed E-state index contributed by atoms with van der Waals surface area (Å²) in [5.74, 6) is -1.07. The summed E-state index contributed by atoms with van der Waals surface area (Å²) in [7, 11) is 0. The van der Waals surface area contributed by atoms with Crippen molar-refractivity contribution in [3.05, 3.63) is 60.6 Å². The van der Waals surface area contributed by atoms with Crippen LogP contribution in [0.5, 0.6) is 0 Å². The molecule has 0 fully saturated rings. The smallest absolute Gasteiger partial charge is 0.356 e. The summed E-state index contributed by atoms with van der Waals surface area (Å²) in [4.78, 5) is 15.0. The van der Waals surface area contributed by atoms with Gasteiger partial charge in [0.15, 0.2) is 11.3 Å². The van der Waals surface area contributed by atoms with E-state index in [9.17, 15) is 4.79 Å². The van der Waals surface area contributed by atoms with Crippen LogP contribution in [-0.4, -0.2) is 25.7 Å². The van der Waals surface area contributed by atoms with Gasteiger partial charge in [-0.1, -0.05) is 30.9 Å². The third-order valence-corrected chi connectivity index (χ3v) is 2.55. The second-order valence-electron chi connectivity index (χ2n) is 3.83. The SMILES string of the molecule is C=C/C(=C\C=C/C)c1cnc2cc(C(=O)O)nn2c1. The van der Waals surface area contributed by atoms with Crippen LogP contribution in [0.1, 0.15) is 23.0 Å². The normalized spacial score (nSPS) is 12.2. The zero-order valence-corrected chi connectivity index (χ0v) is 10.4. The van der Waals surface area contributed by atoms with Crippen LogP contribution in [0.4, 0.5) is 0 Å². The number of carboxylic acid groups (broad SMARTS) is 1. The molecule has 5 heteroatoms. The molecular formula is C14H13N3O2. The van der Waals surface area contributed by atoms with Crippen molar-refractivity contribution in [2.75, 3.05) is 0 Å². The Hall–Kier alpha value is -2.69. The predicted octanol–water partition coefficient (Wildman–Crippen LogP) is 2.57. The van der Waals surface area contributed by atoms with Crippen molar-refractivity contribution in [1.29, 1.82) is 0 Å². The number of fused-ring (bicyclic) bond motifs is 1. The number of allylic oxidation sites excluding steroid dienone is 5. The third kappa shape index (κ3) is 2.60. The van der Waals surface area contributed by atoms with Crippen molar-refractivity contribution in [2.45, 2.75) is 6.92 Å². The van der Waals surface area contributed by atoms with Crippen LogP contribution in [-0.2, 0) is 0 Å². The third-order valence-electron chi connectivity index (χ3n) is 2.55. The lowest BCUT2D eigenvalue weighted by atomic mass is 10.1. The van der Waals surface area contributed by atoms with Gasteiger partial charge in [0.25, 0.3) is 0 Å². The highest BCUT2D eigenvalue weighted by Crippen LogP contribution is 2.15. The monoisotopic (exact) mass is 255 g/mol. The van der Waals surface area contributed by atoms with Crippen molar-refractivity contribution in [3.63, 3.8) is 0 Å². The van der Waals surface area contributed by atoms with E-state index in [-0.39, 0.29) is 5.69 Å². The molecule has 5 nitrogen and oxygen atoms in total. The summed E-state index contributed by atoms with van der Waals surface area (Å²) in [6, 6.07) is 1.43. The van der Waals surface area contributed by atoms with Crippen LogP contribution >= 0.6 is 0 Å². The van der Waals surface area contributed by atoms with Gasteiger partial charge in [-0.3, -0.25) is 0 Å². The van der Waals surface area contributed by atoms with Gasteiger partial charge in [-0.15, -0.1) is 0 Å². The Morgan fingerprint density at radius 3 is 2.95 bits per heavy atom. The maximum absolute atomic E-state index is 10.8. The minimum Gasteiger partial charge on any atom is -0.476 e. The molecule has 19 heavy (non-hydrogen) atoms. The van der Waals surface area contributed by atoms with E-state index >= 15 is 0 Å². The number of aromatic nitrogens is 3. The van der Waals surface area contributed by atoms with E-state index in [0.717, 1.165) is 11.1 Å². The number of carboxylic acids is 1. The van der Waals surface area contributed by atoms with E-state index in [1.807, 2.05) is 25.2 Å². The Balaban J connectivity index is 2.51. The van der Waals surface area contributed by atoms with Crippen LogP contribution in [0, 0.1) is 0 Å². The first kappa shape index (κ1) is 12.8. The fraction of sp³-hybridized carbons (Fsp3) is 0.0714. The van der Waals surface area contributed by atoms with E-state index in [0.29, 0.717) is 5.65 Å². The average molecular weight is 255 g/mol. The summed E-state index contributed by atoms with van der Waals surface area (Å²) in [5, 5.41) is 12.8. The fourth-order valence-corrected chi connectivity index (χ4v) is 1.61. The molecule has 2 aromatic heterocycles. The summed E-state index contributed by atoms with van der Waals surface area (Å²) in [6.45, 7) is 5.67. The number of nitrogens with zero attached hydrogens (tertiary/aromatic N) is 3. The van der Waals surface area contributed by atoms with E-state index < -0.39 is 5.97 Å². The van der Waals surface area contributed by atoms with Gasteiger partial charge in [-0.25, -0.2) is 14.3 Å². The predicted molar refractivity (Wildman–Crippen MR) is 72.9 cm³/mol. The van der Waals surface area contributed by atoms with Crippen LogP contribution < -0.4 is 0 Å². The lowest BCUT2D eigenvalue weighted by Crippen LogP contribution is -1.98. The zero-order chi connectivity index (χ0) is 13.8. The molecule has 0 aliphatic carbocycles. The minimum absolute atomic E-state index is 0.0257. The molecule has 0 aromatic carbocycles. The van der Waals surface area contributed by atoms with E-state index in [1.165, 1.54) is 10.6 Å². The van der Waals surface area contributed by atoms with Crippen molar-refractivity contribution in [1.82, 2.24) is 14.6 Å². The Morgan fingerprint density at radius 2 is 2.32 bits per heavy atom. The second-order valence-corrected chi connectivity index (χ2v) is 3.83. The van der Waals surface area contributed by atoms with Gasteiger partial charge in [0.05, 0.1) is 0 Å². The topological polar surface area (TPSA) is 67.5 Å². The highest BCUT2D eigenvalue weighted by atomic mass is 16.4. The zero-order valence-electron chi connectivity index (χ0n) is 10.4. The number of aromatic carboxylic acids is 1. The van der Waals surface area contributed by atoms with Crippen LogP contribution in [0.3, 0.4) is 0 Å². The lowest BCUT2D eigenvalue weighted by Gasteiger charge is -2.01. The van der Waals surface area contributed by atoms with Crippen molar-refractivity contribution >= 4 is 17.2 Å². The molecule has 0 saturated carbocycles. The molecular weight excluding hydrogens is 242 g/mol. The highest BCUT2D eigenvalue weighted by Gasteiger charge is 2.10. The molecule has 96 valence electrons. The Kier molecular flexibility index (Phi) is 3.56. The largest absolute Gasteiger partial charge is 0.476 e. The molecule has 0 aliphatic heterocycles. The van der Waals surface area contributed by atoms with Gasteiger partial charge in [-0.2, -0.15) is 5.10 Å². The maximum atomic E-state index is 10.8. The first-order chi connectivity index (χ1) is 9.15. The van der Waals surface area contributed by atoms with Gasteiger partial charge in [0.2, 0.25) is 0 Å². The van der Waals surface area contributed by atoms with Crippen molar-refractivity contribution < 1.29 is 9.90 Å². The number of hydrogen-bond donors (Lipinski definition) is 1. The highest BCUT2D eigenvalue weighted by molar-refractivity contribution is 5.86. The molecule has 2 aromatic rings. The molecule has 0 unspecified atom stereocenters. The standard InChI is InChI=1S/C14H13N3O2/c1-3-5-6-10(4-2)11-8-15-13-7-12(14(18)19)16-17(13)9-11/h3-9H,2H2,1H3,(H,18,19)/b5-3-,10-6+. The Morgan fingerprint density at radius 1 is 1.53 bits per heavy atom. The summed E-state index contributed by atoms with van der Waals surface area (Å²) in [6.07, 6.45) is 10.8. The molecule has 0 radical (unpaired) electrons. The molecule has 2 rings (SSSR count). The Bertz CT molecular complexity index is 696. The molecule has 0 bridgehead atoms. The van der Waals surface area contributed by atoms with Gasteiger partial charge in [0, 0.05) is 24.0 Å². The van der Waals surface area contributed by atoms with Gasteiger partial charge >= 0.3 is 5.97 Å². The molecule has 0 atom stereocenters. The average Bonchev–Trinajstić information content (AvgIpc) is 2.83. The van der Waals surface area contributed by atoms with Crippen LogP contribution in [0.15, 0.2) is 49.3 Å². The summed E-state index contributed by atoms with van der Waals surface area (Å²) < 4.78 is 1.45. The molecule has 0 amide bonds. The number of rotatable bonds is 4. The molecule has 2 heterocycles. The van der Waals surface area contributed by atoms with Crippen molar-refractivity contribution in [3.8, 4) is 0 Å². The van der Waals surface area contributed by atoms with Gasteiger partial charge < -0.3 is 5.11 Å². The number of hydrogen-bond acceptors (Lipinski definition) is 3. The second kappa shape index (κ2) is 5.30. The molecule has 0 aliphatic rings. The number of carbonyl (C=O) groups is 1. The van der Waals surface area contributed by atoms with Crippen molar-refractivity contribution in [2.24, 2.45) is 0 Å². The maximum Gasteiger partial charge on any atom is 0.356 e. The first-order valence-electron chi connectivity index (χ1n) is 5.70. The van der Waals surface area contributed by atoms with E-state index in [2.05, 4.69) is 16.7 Å². The first-order valence-corrected chi connectivity index (χ1v) is 5.70. The summed E-state index contributed by atoms with van der Waals surface area (Å²) >= 11 is 0.